The van der Waals surface area contributed by atoms with Crippen molar-refractivity contribution in [3.05, 3.63) is 0 Å². The largest absolute Gasteiger partial charge is 0.338 e. The Balaban J connectivity index is 2.25. The fourth-order valence-electron chi connectivity index (χ4n) is 2.92. The van der Waals surface area contributed by atoms with Crippen LogP contribution in [0.25, 0.3) is 0 Å². The highest BCUT2D eigenvalue weighted by molar-refractivity contribution is 5.74. The lowest BCUT2D eigenvalue weighted by atomic mass is 9.98. The zero-order valence-corrected chi connectivity index (χ0v) is 13.4. The van der Waals surface area contributed by atoms with Gasteiger partial charge in [-0.2, -0.15) is 0 Å². The second kappa shape index (κ2) is 12.0. The van der Waals surface area contributed by atoms with Gasteiger partial charge in [-0.1, -0.05) is 71.1 Å². The van der Waals surface area contributed by atoms with Crippen molar-refractivity contribution in [1.29, 1.82) is 0 Å². The number of carbonyl (C=O) groups is 1. The molecule has 0 unspecified atom stereocenters. The van der Waals surface area contributed by atoms with E-state index in [9.17, 15) is 4.79 Å². The van der Waals surface area contributed by atoms with Crippen LogP contribution in [0.1, 0.15) is 90.4 Å². The summed E-state index contributed by atoms with van der Waals surface area (Å²) in [6, 6.07) is 0.423. The number of hydrogen-bond acceptors (Lipinski definition) is 1. The van der Waals surface area contributed by atoms with Crippen LogP contribution in [-0.2, 0) is 0 Å². The van der Waals surface area contributed by atoms with Gasteiger partial charge in [0, 0.05) is 12.6 Å². The van der Waals surface area contributed by atoms with E-state index in [4.69, 9.17) is 0 Å². The van der Waals surface area contributed by atoms with Gasteiger partial charge in [-0.05, 0) is 19.3 Å². The molecule has 3 heteroatoms. The topological polar surface area (TPSA) is 41.1 Å². The van der Waals surface area contributed by atoms with Crippen LogP contribution in [0.15, 0.2) is 0 Å². The number of hydrogen-bond donors (Lipinski definition) is 2. The van der Waals surface area contributed by atoms with Crippen molar-refractivity contribution in [2.24, 2.45) is 0 Å². The van der Waals surface area contributed by atoms with E-state index in [1.807, 2.05) is 0 Å². The highest BCUT2D eigenvalue weighted by Gasteiger charge is 2.12. The van der Waals surface area contributed by atoms with E-state index in [1.54, 1.807) is 0 Å². The second-order valence-electron chi connectivity index (χ2n) is 6.21. The zero-order valence-electron chi connectivity index (χ0n) is 13.4. The molecule has 2 amide bonds. The Morgan fingerprint density at radius 3 is 1.90 bits per heavy atom. The maximum Gasteiger partial charge on any atom is 0.315 e. The normalized spacial score (nSPS) is 19.6. The van der Waals surface area contributed by atoms with Crippen LogP contribution in [0.3, 0.4) is 0 Å². The van der Waals surface area contributed by atoms with Gasteiger partial charge in [-0.3, -0.25) is 0 Å². The molecule has 0 aliphatic heterocycles. The van der Waals surface area contributed by atoms with E-state index < -0.39 is 0 Å². The molecule has 0 saturated heterocycles. The highest BCUT2D eigenvalue weighted by atomic mass is 16.2. The summed E-state index contributed by atoms with van der Waals surface area (Å²) in [7, 11) is 0. The van der Waals surface area contributed by atoms with Gasteiger partial charge in [0.05, 0.1) is 0 Å². The van der Waals surface area contributed by atoms with Crippen LogP contribution in [-0.4, -0.2) is 18.6 Å². The minimum atomic E-state index is 0.0375. The molecule has 0 aromatic heterocycles. The van der Waals surface area contributed by atoms with Gasteiger partial charge in [-0.25, -0.2) is 4.79 Å². The molecule has 118 valence electrons. The zero-order chi connectivity index (χ0) is 14.5. The van der Waals surface area contributed by atoms with Crippen molar-refractivity contribution < 1.29 is 4.79 Å². The van der Waals surface area contributed by atoms with Gasteiger partial charge < -0.3 is 10.6 Å². The van der Waals surface area contributed by atoms with Crippen molar-refractivity contribution in [3.8, 4) is 0 Å². The molecule has 3 nitrogen and oxygen atoms in total. The number of carbonyl (C=O) groups excluding carboxylic acids is 1. The molecule has 2 N–H and O–H groups in total. The predicted octanol–water partition coefficient (Wildman–Crippen LogP) is 4.76. The molecule has 1 aliphatic rings. The Labute approximate surface area is 125 Å². The molecule has 0 bridgehead atoms. The van der Waals surface area contributed by atoms with E-state index in [0.29, 0.717) is 6.04 Å². The predicted molar refractivity (Wildman–Crippen MR) is 86.0 cm³/mol. The third-order valence-electron chi connectivity index (χ3n) is 4.26. The Kier molecular flexibility index (Phi) is 10.4. The van der Waals surface area contributed by atoms with Gasteiger partial charge >= 0.3 is 6.03 Å². The molecule has 1 saturated carbocycles. The summed E-state index contributed by atoms with van der Waals surface area (Å²) in [5.74, 6) is 0. The van der Waals surface area contributed by atoms with Crippen molar-refractivity contribution in [3.63, 3.8) is 0 Å². The Hall–Kier alpha value is -0.730. The molecule has 1 rings (SSSR count). The molecule has 0 atom stereocenters. The minimum absolute atomic E-state index is 0.0375. The van der Waals surface area contributed by atoms with Gasteiger partial charge in [0.15, 0.2) is 0 Å². The molecule has 0 spiro atoms. The maximum atomic E-state index is 11.8. The average molecular weight is 282 g/mol. The van der Waals surface area contributed by atoms with Crippen LogP contribution in [0.4, 0.5) is 4.79 Å². The molecule has 0 radical (unpaired) electrons. The number of rotatable bonds is 4. The standard InChI is InChI=1S/C17H34N2O/c1-2-3-15-18-17(20)19-16-13-11-9-7-5-4-6-8-10-12-14-16/h16H,2-15H2,1H3,(H2,18,19,20). The lowest BCUT2D eigenvalue weighted by molar-refractivity contribution is 0.234. The Bertz CT molecular complexity index is 231. The van der Waals surface area contributed by atoms with Crippen LogP contribution < -0.4 is 10.6 Å². The van der Waals surface area contributed by atoms with Crippen LogP contribution in [0.5, 0.6) is 0 Å². The quantitative estimate of drug-likeness (QED) is 0.717. The summed E-state index contributed by atoms with van der Waals surface area (Å²) in [5.41, 5.74) is 0. The fraction of sp³-hybridized carbons (Fsp3) is 0.941. The monoisotopic (exact) mass is 282 g/mol. The lowest BCUT2D eigenvalue weighted by Crippen LogP contribution is -2.42. The number of nitrogens with one attached hydrogen (secondary N) is 2. The molecular weight excluding hydrogens is 248 g/mol. The van der Waals surface area contributed by atoms with Crippen molar-refractivity contribution in [2.75, 3.05) is 6.54 Å². The second-order valence-corrected chi connectivity index (χ2v) is 6.21. The third kappa shape index (κ3) is 9.22. The minimum Gasteiger partial charge on any atom is -0.338 e. The molecule has 0 heterocycles. The maximum absolute atomic E-state index is 11.8. The van der Waals surface area contributed by atoms with Crippen molar-refractivity contribution in [1.82, 2.24) is 10.6 Å². The first-order valence-corrected chi connectivity index (χ1v) is 8.87. The van der Waals surface area contributed by atoms with Gasteiger partial charge in [-0.15, -0.1) is 0 Å². The van der Waals surface area contributed by atoms with Crippen LogP contribution in [0, 0.1) is 0 Å². The van der Waals surface area contributed by atoms with Crippen molar-refractivity contribution in [2.45, 2.75) is 96.4 Å². The molecule has 20 heavy (non-hydrogen) atoms. The fourth-order valence-corrected chi connectivity index (χ4v) is 2.92. The summed E-state index contributed by atoms with van der Waals surface area (Å²) in [6.07, 6.45) is 16.6. The molecule has 0 aromatic carbocycles. The van der Waals surface area contributed by atoms with Gasteiger partial charge in [0.2, 0.25) is 0 Å². The Morgan fingerprint density at radius 1 is 0.900 bits per heavy atom. The van der Waals surface area contributed by atoms with E-state index >= 15 is 0 Å². The third-order valence-corrected chi connectivity index (χ3v) is 4.26. The van der Waals surface area contributed by atoms with E-state index in [0.717, 1.165) is 32.2 Å². The summed E-state index contributed by atoms with van der Waals surface area (Å²) in [4.78, 5) is 11.8. The SMILES string of the molecule is CCCCNC(=O)NC1CCCCCCCCCCC1. The van der Waals surface area contributed by atoms with E-state index in [2.05, 4.69) is 17.6 Å². The summed E-state index contributed by atoms with van der Waals surface area (Å²) < 4.78 is 0. The van der Waals surface area contributed by atoms with Gasteiger partial charge in [0.25, 0.3) is 0 Å². The first kappa shape index (κ1) is 17.3. The molecule has 1 fully saturated rings. The average Bonchev–Trinajstić information content (AvgIpc) is 2.42. The summed E-state index contributed by atoms with van der Waals surface area (Å²) in [5, 5.41) is 6.15. The van der Waals surface area contributed by atoms with E-state index in [1.165, 1.54) is 57.8 Å². The first-order chi connectivity index (χ1) is 9.83. The number of amides is 2. The highest BCUT2D eigenvalue weighted by Crippen LogP contribution is 2.16. The number of unbranched alkanes of at least 4 members (excludes halogenated alkanes) is 1. The van der Waals surface area contributed by atoms with Crippen LogP contribution >= 0.6 is 0 Å². The molecule has 0 aromatic rings. The summed E-state index contributed by atoms with van der Waals surface area (Å²) in [6.45, 7) is 2.95. The molecule has 1 aliphatic carbocycles. The molecular formula is C17H34N2O. The number of urea groups is 1. The van der Waals surface area contributed by atoms with E-state index in [-0.39, 0.29) is 6.03 Å². The first-order valence-electron chi connectivity index (χ1n) is 8.87. The smallest absolute Gasteiger partial charge is 0.315 e. The Morgan fingerprint density at radius 2 is 1.40 bits per heavy atom. The van der Waals surface area contributed by atoms with Gasteiger partial charge in [0.1, 0.15) is 0 Å². The van der Waals surface area contributed by atoms with Crippen molar-refractivity contribution >= 4 is 6.03 Å². The van der Waals surface area contributed by atoms with Crippen LogP contribution in [0.2, 0.25) is 0 Å². The lowest BCUT2D eigenvalue weighted by Gasteiger charge is -2.20. The summed E-state index contributed by atoms with van der Waals surface area (Å²) >= 11 is 0.